The van der Waals surface area contributed by atoms with Crippen molar-refractivity contribution < 1.29 is 13.6 Å². The van der Waals surface area contributed by atoms with Crippen molar-refractivity contribution in [1.82, 2.24) is 9.78 Å². The van der Waals surface area contributed by atoms with E-state index in [1.165, 1.54) is 6.07 Å². The van der Waals surface area contributed by atoms with Crippen molar-refractivity contribution in [1.29, 1.82) is 0 Å². The molecule has 0 saturated heterocycles. The maximum Gasteiger partial charge on any atom is 0.168 e. The molecule has 1 aromatic heterocycles. The Morgan fingerprint density at radius 2 is 2.00 bits per heavy atom. The number of rotatable bonds is 5. The van der Waals surface area contributed by atoms with Gasteiger partial charge in [-0.3, -0.25) is 9.48 Å². The first-order valence-corrected chi connectivity index (χ1v) is 7.49. The molecule has 6 heteroatoms. The van der Waals surface area contributed by atoms with Gasteiger partial charge < -0.3 is 0 Å². The lowest BCUT2D eigenvalue weighted by Gasteiger charge is -2.05. The summed E-state index contributed by atoms with van der Waals surface area (Å²) in [6.45, 7) is 4.55. The van der Waals surface area contributed by atoms with Crippen molar-refractivity contribution in [3.05, 3.63) is 51.3 Å². The van der Waals surface area contributed by atoms with Crippen molar-refractivity contribution in [2.45, 2.75) is 33.2 Å². The van der Waals surface area contributed by atoms with E-state index < -0.39 is 11.6 Å². The summed E-state index contributed by atoms with van der Waals surface area (Å²) in [6.07, 6.45) is 0.840. The van der Waals surface area contributed by atoms with Gasteiger partial charge in [0.05, 0.1) is 22.3 Å². The van der Waals surface area contributed by atoms with Crippen LogP contribution in [0.15, 0.2) is 22.7 Å². The Labute approximate surface area is 130 Å². The van der Waals surface area contributed by atoms with Gasteiger partial charge in [-0.25, -0.2) is 8.78 Å². The van der Waals surface area contributed by atoms with E-state index >= 15 is 0 Å². The molecule has 0 bridgehead atoms. The molecule has 0 N–H and O–H groups in total. The number of hydrogen-bond acceptors (Lipinski definition) is 2. The summed E-state index contributed by atoms with van der Waals surface area (Å²) in [5.74, 6) is -2.25. The monoisotopic (exact) mass is 356 g/mol. The Bertz CT molecular complexity index is 683. The van der Waals surface area contributed by atoms with Crippen LogP contribution >= 0.6 is 15.9 Å². The normalized spacial score (nSPS) is 10.9. The molecule has 0 radical (unpaired) electrons. The Kier molecular flexibility index (Phi) is 4.88. The second-order valence-corrected chi connectivity index (χ2v) is 5.40. The van der Waals surface area contributed by atoms with Gasteiger partial charge in [0.1, 0.15) is 0 Å². The SMILES string of the molecule is CCc1nn(CC)c(CC(=O)c2ccc(F)c(F)c2)c1Br. The van der Waals surface area contributed by atoms with E-state index in [0.717, 1.165) is 34.4 Å². The van der Waals surface area contributed by atoms with E-state index in [1.807, 2.05) is 13.8 Å². The molecule has 0 aliphatic heterocycles. The van der Waals surface area contributed by atoms with Crippen molar-refractivity contribution in [2.75, 3.05) is 0 Å². The topological polar surface area (TPSA) is 34.9 Å². The maximum atomic E-state index is 13.2. The van der Waals surface area contributed by atoms with Crippen molar-refractivity contribution in [2.24, 2.45) is 0 Å². The maximum absolute atomic E-state index is 13.2. The number of benzene rings is 1. The average Bonchev–Trinajstić information content (AvgIpc) is 2.78. The number of halogens is 3. The van der Waals surface area contributed by atoms with Crippen molar-refractivity contribution >= 4 is 21.7 Å². The van der Waals surface area contributed by atoms with Gasteiger partial charge in [0.25, 0.3) is 0 Å². The van der Waals surface area contributed by atoms with Crippen LogP contribution in [0.4, 0.5) is 8.78 Å². The molecule has 1 aromatic carbocycles. The summed E-state index contributed by atoms with van der Waals surface area (Å²) in [5.41, 5.74) is 1.79. The molecule has 112 valence electrons. The molecule has 21 heavy (non-hydrogen) atoms. The third kappa shape index (κ3) is 3.20. The highest BCUT2D eigenvalue weighted by Crippen LogP contribution is 2.24. The molecule has 2 aromatic rings. The van der Waals surface area contributed by atoms with E-state index in [2.05, 4.69) is 21.0 Å². The zero-order valence-electron chi connectivity index (χ0n) is 11.8. The van der Waals surface area contributed by atoms with Gasteiger partial charge in [-0.1, -0.05) is 6.92 Å². The molecule has 2 rings (SSSR count). The molecule has 1 heterocycles. The molecule has 3 nitrogen and oxygen atoms in total. The smallest absolute Gasteiger partial charge is 0.168 e. The van der Waals surface area contributed by atoms with Crippen LogP contribution in [0.1, 0.15) is 35.6 Å². The first kappa shape index (κ1) is 15.8. The molecule has 0 aliphatic rings. The number of aromatic nitrogens is 2. The van der Waals surface area contributed by atoms with Crippen LogP contribution < -0.4 is 0 Å². The highest BCUT2D eigenvalue weighted by molar-refractivity contribution is 9.10. The fraction of sp³-hybridized carbons (Fsp3) is 0.333. The van der Waals surface area contributed by atoms with Gasteiger partial charge in [-0.2, -0.15) is 5.10 Å². The number of carbonyl (C=O) groups is 1. The van der Waals surface area contributed by atoms with E-state index in [1.54, 1.807) is 4.68 Å². The number of carbonyl (C=O) groups excluding carboxylic acids is 1. The second kappa shape index (κ2) is 6.47. The number of ketones is 1. The number of Topliss-reactive ketones (excluding diaryl/α,β-unsaturated/α-hetero) is 1. The average molecular weight is 357 g/mol. The zero-order valence-corrected chi connectivity index (χ0v) is 13.4. The fourth-order valence-electron chi connectivity index (χ4n) is 2.11. The summed E-state index contributed by atoms with van der Waals surface area (Å²) >= 11 is 3.46. The van der Waals surface area contributed by atoms with Gasteiger partial charge in [-0.05, 0) is 47.5 Å². The molecule has 0 spiro atoms. The Hall–Kier alpha value is -1.56. The largest absolute Gasteiger partial charge is 0.294 e. The third-order valence-corrected chi connectivity index (χ3v) is 4.18. The molecule has 0 unspecified atom stereocenters. The minimum absolute atomic E-state index is 0.0898. The first-order chi connectivity index (χ1) is 9.97. The standard InChI is InChI=1S/C15H15BrF2N2O/c1-3-12-15(16)13(20(4-2)19-12)8-14(21)9-5-6-10(17)11(18)7-9/h5-7H,3-4,8H2,1-2H3. The van der Waals surface area contributed by atoms with E-state index in [4.69, 9.17) is 0 Å². The van der Waals surface area contributed by atoms with Crippen molar-refractivity contribution in [3.63, 3.8) is 0 Å². The van der Waals surface area contributed by atoms with E-state index in [0.29, 0.717) is 6.54 Å². The lowest BCUT2D eigenvalue weighted by Crippen LogP contribution is -2.10. The van der Waals surface area contributed by atoms with E-state index in [9.17, 15) is 13.6 Å². The van der Waals surface area contributed by atoms with Gasteiger partial charge >= 0.3 is 0 Å². The highest BCUT2D eigenvalue weighted by atomic mass is 79.9. The molecule has 0 fully saturated rings. The molecular formula is C15H15BrF2N2O. The van der Waals surface area contributed by atoms with Crippen LogP contribution in [0.5, 0.6) is 0 Å². The van der Waals surface area contributed by atoms with Crippen LogP contribution in [0.2, 0.25) is 0 Å². The van der Waals surface area contributed by atoms with Gasteiger partial charge in [-0.15, -0.1) is 0 Å². The lowest BCUT2D eigenvalue weighted by molar-refractivity contribution is 0.0990. The fourth-order valence-corrected chi connectivity index (χ4v) is 2.81. The Balaban J connectivity index is 2.31. The Morgan fingerprint density at radius 3 is 2.57 bits per heavy atom. The zero-order chi connectivity index (χ0) is 15.6. The van der Waals surface area contributed by atoms with Gasteiger partial charge in [0, 0.05) is 12.1 Å². The summed E-state index contributed by atoms with van der Waals surface area (Å²) in [6, 6.07) is 3.19. The molecule has 0 atom stereocenters. The summed E-state index contributed by atoms with van der Waals surface area (Å²) < 4.78 is 28.7. The minimum Gasteiger partial charge on any atom is -0.294 e. The Morgan fingerprint density at radius 1 is 1.29 bits per heavy atom. The van der Waals surface area contributed by atoms with E-state index in [-0.39, 0.29) is 17.8 Å². The predicted octanol–water partition coefficient (Wildman–Crippen LogP) is 3.93. The summed E-state index contributed by atoms with van der Waals surface area (Å²) in [5, 5.41) is 4.41. The number of nitrogens with zero attached hydrogens (tertiary/aromatic N) is 2. The lowest BCUT2D eigenvalue weighted by atomic mass is 10.1. The van der Waals surface area contributed by atoms with Crippen LogP contribution in [-0.4, -0.2) is 15.6 Å². The molecule has 0 aliphatic carbocycles. The predicted molar refractivity (Wildman–Crippen MR) is 79.4 cm³/mol. The van der Waals surface area contributed by atoms with Gasteiger partial charge in [0.2, 0.25) is 0 Å². The van der Waals surface area contributed by atoms with Crippen LogP contribution in [-0.2, 0) is 19.4 Å². The van der Waals surface area contributed by atoms with Crippen LogP contribution in [0.25, 0.3) is 0 Å². The molecule has 0 saturated carbocycles. The second-order valence-electron chi connectivity index (χ2n) is 4.61. The minimum atomic E-state index is -1.02. The quantitative estimate of drug-likeness (QED) is 0.760. The van der Waals surface area contributed by atoms with Crippen LogP contribution in [0, 0.1) is 11.6 Å². The van der Waals surface area contributed by atoms with Crippen molar-refractivity contribution in [3.8, 4) is 0 Å². The van der Waals surface area contributed by atoms with Crippen LogP contribution in [0.3, 0.4) is 0 Å². The molecular weight excluding hydrogens is 342 g/mol. The summed E-state index contributed by atoms with van der Waals surface area (Å²) in [7, 11) is 0. The van der Waals surface area contributed by atoms with Gasteiger partial charge in [0.15, 0.2) is 17.4 Å². The number of hydrogen-bond donors (Lipinski definition) is 0. The summed E-state index contributed by atoms with van der Waals surface area (Å²) in [4.78, 5) is 12.2. The molecule has 0 amide bonds. The number of aryl methyl sites for hydroxylation is 2. The third-order valence-electron chi connectivity index (χ3n) is 3.26. The highest BCUT2D eigenvalue weighted by Gasteiger charge is 2.18. The first-order valence-electron chi connectivity index (χ1n) is 6.70.